The van der Waals surface area contributed by atoms with E-state index in [0.29, 0.717) is 5.16 Å². The number of carbonyl (C=O) groups is 1. The van der Waals surface area contributed by atoms with Crippen molar-refractivity contribution in [1.29, 1.82) is 0 Å². The van der Waals surface area contributed by atoms with Crippen LogP contribution in [0.4, 0.5) is 0 Å². The third-order valence-corrected chi connectivity index (χ3v) is 4.81. The number of carboxylic acid groups (broad SMARTS) is 1. The number of hydrogen-bond acceptors (Lipinski definition) is 5. The summed E-state index contributed by atoms with van der Waals surface area (Å²) in [6.07, 6.45) is 3.41. The Balaban J connectivity index is 2.38. The first-order valence-electron chi connectivity index (χ1n) is 8.58. The second-order valence-corrected chi connectivity index (χ2v) is 7.35. The van der Waals surface area contributed by atoms with E-state index in [-0.39, 0.29) is 10.8 Å². The third-order valence-electron chi connectivity index (χ3n) is 3.94. The standard InChI is InChI=1S/C19H25N3O3S/c1-6-7-17-20-19(22-21-17)26-16(18(23)24)10-13-9-14(11(2)3)15(25-5)8-12(13)4/h8-11H,6-7H2,1-5H3,(H,23,24)(H,20,21,22)/b16-10-. The quantitative estimate of drug-likeness (QED) is 0.525. The van der Waals surface area contributed by atoms with Gasteiger partial charge in [0.1, 0.15) is 16.5 Å². The summed E-state index contributed by atoms with van der Waals surface area (Å²) in [5.41, 5.74) is 2.85. The van der Waals surface area contributed by atoms with Crippen LogP contribution in [0.5, 0.6) is 5.75 Å². The molecule has 0 bridgehead atoms. The Morgan fingerprint density at radius 3 is 2.73 bits per heavy atom. The second kappa shape index (κ2) is 8.89. The van der Waals surface area contributed by atoms with E-state index in [0.717, 1.165) is 52.9 Å². The van der Waals surface area contributed by atoms with Crippen molar-refractivity contribution in [2.75, 3.05) is 7.11 Å². The lowest BCUT2D eigenvalue weighted by Gasteiger charge is -2.15. The van der Waals surface area contributed by atoms with E-state index < -0.39 is 5.97 Å². The van der Waals surface area contributed by atoms with Gasteiger partial charge < -0.3 is 9.84 Å². The molecule has 0 saturated carbocycles. The van der Waals surface area contributed by atoms with Gasteiger partial charge in [0, 0.05) is 6.42 Å². The fourth-order valence-corrected chi connectivity index (χ4v) is 3.26. The molecule has 1 aromatic heterocycles. The second-order valence-electron chi connectivity index (χ2n) is 6.34. The first-order valence-corrected chi connectivity index (χ1v) is 9.40. The maximum absolute atomic E-state index is 11.7. The number of ether oxygens (including phenoxy) is 1. The molecule has 7 heteroatoms. The largest absolute Gasteiger partial charge is 0.496 e. The summed E-state index contributed by atoms with van der Waals surface area (Å²) in [6.45, 7) is 8.15. The molecule has 0 fully saturated rings. The summed E-state index contributed by atoms with van der Waals surface area (Å²) in [5, 5.41) is 17.0. The average molecular weight is 375 g/mol. The minimum Gasteiger partial charge on any atom is -0.496 e. The summed E-state index contributed by atoms with van der Waals surface area (Å²) < 4.78 is 5.45. The maximum atomic E-state index is 11.7. The zero-order valence-electron chi connectivity index (χ0n) is 15.8. The molecule has 0 aliphatic rings. The summed E-state index contributed by atoms with van der Waals surface area (Å²) in [4.78, 5) is 16.2. The van der Waals surface area contributed by atoms with Gasteiger partial charge in [0.15, 0.2) is 0 Å². The number of H-pyrrole nitrogens is 1. The van der Waals surface area contributed by atoms with E-state index in [4.69, 9.17) is 4.74 Å². The van der Waals surface area contributed by atoms with Crippen molar-refractivity contribution < 1.29 is 14.6 Å². The van der Waals surface area contributed by atoms with Crippen LogP contribution in [0, 0.1) is 6.92 Å². The number of carboxylic acids is 1. The van der Waals surface area contributed by atoms with Crippen LogP contribution in [-0.2, 0) is 11.2 Å². The molecule has 140 valence electrons. The van der Waals surface area contributed by atoms with E-state index in [9.17, 15) is 9.90 Å². The normalized spacial score (nSPS) is 11.8. The third kappa shape index (κ3) is 4.88. The van der Waals surface area contributed by atoms with E-state index in [2.05, 4.69) is 36.0 Å². The molecule has 2 rings (SSSR count). The molecule has 0 aliphatic carbocycles. The smallest absolute Gasteiger partial charge is 0.342 e. The van der Waals surface area contributed by atoms with Crippen molar-refractivity contribution in [3.8, 4) is 5.75 Å². The highest BCUT2D eigenvalue weighted by Crippen LogP contribution is 2.32. The highest BCUT2D eigenvalue weighted by molar-refractivity contribution is 8.04. The first-order chi connectivity index (χ1) is 12.3. The van der Waals surface area contributed by atoms with E-state index in [1.807, 2.05) is 19.1 Å². The van der Waals surface area contributed by atoms with Gasteiger partial charge >= 0.3 is 5.97 Å². The lowest BCUT2D eigenvalue weighted by atomic mass is 9.96. The van der Waals surface area contributed by atoms with Gasteiger partial charge in [-0.25, -0.2) is 9.78 Å². The molecule has 1 aromatic carbocycles. The van der Waals surface area contributed by atoms with Gasteiger partial charge in [-0.05, 0) is 65.9 Å². The molecule has 0 radical (unpaired) electrons. The number of thioether (sulfide) groups is 1. The minimum atomic E-state index is -1.00. The van der Waals surface area contributed by atoms with Crippen LogP contribution in [0.25, 0.3) is 6.08 Å². The van der Waals surface area contributed by atoms with Crippen molar-refractivity contribution in [2.45, 2.75) is 51.6 Å². The van der Waals surface area contributed by atoms with Crippen LogP contribution < -0.4 is 4.74 Å². The van der Waals surface area contributed by atoms with E-state index >= 15 is 0 Å². The Hall–Kier alpha value is -2.28. The number of hydrogen-bond donors (Lipinski definition) is 2. The monoisotopic (exact) mass is 375 g/mol. The lowest BCUT2D eigenvalue weighted by molar-refractivity contribution is -0.131. The van der Waals surface area contributed by atoms with Crippen molar-refractivity contribution >= 4 is 23.8 Å². The summed E-state index contributed by atoms with van der Waals surface area (Å²) >= 11 is 1.05. The highest BCUT2D eigenvalue weighted by Gasteiger charge is 2.16. The van der Waals surface area contributed by atoms with E-state index in [1.54, 1.807) is 13.2 Å². The number of aryl methyl sites for hydroxylation is 2. The SMILES string of the molecule is CCCc1nc(S/C(=C\c2cc(C(C)C)c(OC)cc2C)C(=O)O)n[nH]1. The molecule has 6 nitrogen and oxygen atoms in total. The maximum Gasteiger partial charge on any atom is 0.342 e. The number of rotatable bonds is 8. The Morgan fingerprint density at radius 1 is 1.42 bits per heavy atom. The Morgan fingerprint density at radius 2 is 2.15 bits per heavy atom. The number of nitrogens with one attached hydrogen (secondary N) is 1. The predicted octanol–water partition coefficient (Wildman–Crippen LogP) is 4.42. The van der Waals surface area contributed by atoms with Gasteiger partial charge in [-0.15, -0.1) is 5.10 Å². The molecule has 2 aromatic rings. The highest BCUT2D eigenvalue weighted by atomic mass is 32.2. The predicted molar refractivity (Wildman–Crippen MR) is 104 cm³/mol. The molecule has 0 unspecified atom stereocenters. The first kappa shape index (κ1) is 20.0. The van der Waals surface area contributed by atoms with Gasteiger partial charge in [0.2, 0.25) is 5.16 Å². The Bertz CT molecular complexity index is 812. The van der Waals surface area contributed by atoms with Crippen LogP contribution in [-0.4, -0.2) is 33.4 Å². The van der Waals surface area contributed by atoms with Gasteiger partial charge in [0.25, 0.3) is 0 Å². The molecule has 2 N–H and O–H groups in total. The topological polar surface area (TPSA) is 88.1 Å². The number of methoxy groups -OCH3 is 1. The molecular weight excluding hydrogens is 350 g/mol. The number of aliphatic carboxylic acids is 1. The zero-order valence-corrected chi connectivity index (χ0v) is 16.6. The molecule has 1 heterocycles. The Labute approximate surface area is 158 Å². The fourth-order valence-electron chi connectivity index (χ4n) is 2.55. The lowest BCUT2D eigenvalue weighted by Crippen LogP contribution is -2.00. The molecule has 26 heavy (non-hydrogen) atoms. The van der Waals surface area contributed by atoms with Crippen molar-refractivity contribution in [3.05, 3.63) is 39.6 Å². The van der Waals surface area contributed by atoms with Crippen LogP contribution in [0.2, 0.25) is 0 Å². The number of aromatic amines is 1. The van der Waals surface area contributed by atoms with Crippen LogP contribution >= 0.6 is 11.8 Å². The van der Waals surface area contributed by atoms with Gasteiger partial charge in [-0.1, -0.05) is 20.8 Å². The van der Waals surface area contributed by atoms with Crippen LogP contribution in [0.1, 0.15) is 55.6 Å². The van der Waals surface area contributed by atoms with Gasteiger partial charge in [-0.2, -0.15) is 0 Å². The molecule has 0 atom stereocenters. The van der Waals surface area contributed by atoms with Crippen molar-refractivity contribution in [3.63, 3.8) is 0 Å². The van der Waals surface area contributed by atoms with Crippen molar-refractivity contribution in [2.24, 2.45) is 0 Å². The average Bonchev–Trinajstić information content (AvgIpc) is 3.02. The van der Waals surface area contributed by atoms with E-state index in [1.165, 1.54) is 0 Å². The van der Waals surface area contributed by atoms with Crippen LogP contribution in [0.3, 0.4) is 0 Å². The van der Waals surface area contributed by atoms with Gasteiger partial charge in [-0.3, -0.25) is 5.10 Å². The zero-order chi connectivity index (χ0) is 19.3. The molecule has 0 spiro atoms. The molecule has 0 aliphatic heterocycles. The Kier molecular flexibility index (Phi) is 6.85. The number of nitrogens with zero attached hydrogens (tertiary/aromatic N) is 2. The van der Waals surface area contributed by atoms with Crippen molar-refractivity contribution in [1.82, 2.24) is 15.2 Å². The summed E-state index contributed by atoms with van der Waals surface area (Å²) in [6, 6.07) is 3.93. The van der Waals surface area contributed by atoms with Crippen LogP contribution in [0.15, 0.2) is 22.2 Å². The fraction of sp³-hybridized carbons (Fsp3) is 0.421. The molecule has 0 saturated heterocycles. The minimum absolute atomic E-state index is 0.176. The number of aromatic nitrogens is 3. The summed E-state index contributed by atoms with van der Waals surface area (Å²) in [7, 11) is 1.64. The van der Waals surface area contributed by atoms with Gasteiger partial charge in [0.05, 0.1) is 7.11 Å². The molecule has 0 amide bonds. The number of benzene rings is 1. The molecular formula is C19H25N3O3S. The summed E-state index contributed by atoms with van der Waals surface area (Å²) in [5.74, 6) is 0.848.